The molecule has 3 unspecified atom stereocenters. The molecule has 2 heterocycles. The standard InChI is InChI=1S/C18H28N2/c1-17(16-6-4-3-5-7-16)9-10-18(2)12-15(13-19)8-11-20(18)14-17/h3-7,15H,8-14,19H2,1-2H3. The smallest absolute Gasteiger partial charge is 0.0185 e. The van der Waals surface area contributed by atoms with Crippen molar-refractivity contribution in [1.82, 2.24) is 4.90 Å². The number of nitrogens with zero attached hydrogens (tertiary/aromatic N) is 1. The molecule has 0 bridgehead atoms. The zero-order valence-corrected chi connectivity index (χ0v) is 12.9. The Bertz CT molecular complexity index is 458. The molecule has 0 spiro atoms. The highest BCUT2D eigenvalue weighted by molar-refractivity contribution is 5.26. The predicted octanol–water partition coefficient (Wildman–Crippen LogP) is 3.17. The fourth-order valence-corrected chi connectivity index (χ4v) is 4.31. The van der Waals surface area contributed by atoms with Crippen LogP contribution in [0, 0.1) is 5.92 Å². The molecule has 2 aliphatic rings. The zero-order chi connectivity index (χ0) is 14.2. The summed E-state index contributed by atoms with van der Waals surface area (Å²) in [4.78, 5) is 2.75. The van der Waals surface area contributed by atoms with Crippen molar-refractivity contribution in [3.05, 3.63) is 35.9 Å². The van der Waals surface area contributed by atoms with Gasteiger partial charge in [-0.1, -0.05) is 37.3 Å². The Morgan fingerprint density at radius 1 is 1.20 bits per heavy atom. The van der Waals surface area contributed by atoms with Crippen LogP contribution in [0.5, 0.6) is 0 Å². The maximum Gasteiger partial charge on any atom is 0.0185 e. The number of hydrogen-bond acceptors (Lipinski definition) is 2. The summed E-state index contributed by atoms with van der Waals surface area (Å²) in [5, 5.41) is 0. The molecule has 0 aromatic heterocycles. The molecule has 20 heavy (non-hydrogen) atoms. The van der Waals surface area contributed by atoms with Gasteiger partial charge in [-0.15, -0.1) is 0 Å². The molecule has 110 valence electrons. The topological polar surface area (TPSA) is 29.3 Å². The monoisotopic (exact) mass is 272 g/mol. The van der Waals surface area contributed by atoms with Crippen LogP contribution in [0.4, 0.5) is 0 Å². The second-order valence-corrected chi connectivity index (χ2v) is 7.44. The quantitative estimate of drug-likeness (QED) is 0.896. The summed E-state index contributed by atoms with van der Waals surface area (Å²) in [6, 6.07) is 11.1. The van der Waals surface area contributed by atoms with Crippen LogP contribution in [0.25, 0.3) is 0 Å². The number of piperidine rings is 2. The Morgan fingerprint density at radius 3 is 2.65 bits per heavy atom. The lowest BCUT2D eigenvalue weighted by Crippen LogP contribution is -2.60. The molecule has 1 aromatic carbocycles. The third-order valence-electron chi connectivity index (χ3n) is 5.86. The first-order chi connectivity index (χ1) is 9.56. The molecule has 3 rings (SSSR count). The molecule has 0 aliphatic carbocycles. The Balaban J connectivity index is 1.79. The third kappa shape index (κ3) is 2.40. The normalized spacial score (nSPS) is 38.5. The van der Waals surface area contributed by atoms with E-state index in [1.54, 1.807) is 0 Å². The van der Waals surface area contributed by atoms with E-state index in [-0.39, 0.29) is 0 Å². The van der Waals surface area contributed by atoms with E-state index in [9.17, 15) is 0 Å². The van der Waals surface area contributed by atoms with Crippen LogP contribution in [-0.4, -0.2) is 30.1 Å². The van der Waals surface area contributed by atoms with E-state index in [4.69, 9.17) is 5.73 Å². The van der Waals surface area contributed by atoms with Gasteiger partial charge in [0.1, 0.15) is 0 Å². The van der Waals surface area contributed by atoms with Crippen LogP contribution >= 0.6 is 0 Å². The molecule has 1 aromatic rings. The Labute approximate surface area is 123 Å². The van der Waals surface area contributed by atoms with E-state index in [1.165, 1.54) is 44.3 Å². The van der Waals surface area contributed by atoms with E-state index in [0.29, 0.717) is 11.0 Å². The molecular formula is C18H28N2. The summed E-state index contributed by atoms with van der Waals surface area (Å²) in [6.45, 7) is 8.18. The largest absolute Gasteiger partial charge is 0.330 e. The molecular weight excluding hydrogens is 244 g/mol. The van der Waals surface area contributed by atoms with Crippen molar-refractivity contribution in [2.45, 2.75) is 50.5 Å². The SMILES string of the molecule is CC1(c2ccccc2)CCC2(C)CC(CN)CCN2C1. The van der Waals surface area contributed by atoms with Crippen molar-refractivity contribution in [3.8, 4) is 0 Å². The van der Waals surface area contributed by atoms with Gasteiger partial charge in [-0.2, -0.15) is 0 Å². The van der Waals surface area contributed by atoms with Crippen LogP contribution in [0.1, 0.15) is 45.1 Å². The molecule has 3 atom stereocenters. The number of rotatable bonds is 2. The molecule has 0 radical (unpaired) electrons. The fraction of sp³-hybridized carbons (Fsp3) is 0.667. The third-order valence-corrected chi connectivity index (χ3v) is 5.86. The van der Waals surface area contributed by atoms with Gasteiger partial charge in [0.2, 0.25) is 0 Å². The summed E-state index contributed by atoms with van der Waals surface area (Å²) in [6.07, 6.45) is 5.15. The van der Waals surface area contributed by atoms with Gasteiger partial charge in [-0.25, -0.2) is 0 Å². The number of nitrogens with two attached hydrogens (primary N) is 1. The van der Waals surface area contributed by atoms with Gasteiger partial charge in [0, 0.05) is 17.5 Å². The lowest BCUT2D eigenvalue weighted by Gasteiger charge is -2.55. The van der Waals surface area contributed by atoms with Crippen LogP contribution in [0.2, 0.25) is 0 Å². The minimum atomic E-state index is 0.316. The van der Waals surface area contributed by atoms with Crippen LogP contribution in [-0.2, 0) is 5.41 Å². The fourth-order valence-electron chi connectivity index (χ4n) is 4.31. The number of benzene rings is 1. The average molecular weight is 272 g/mol. The summed E-state index contributed by atoms with van der Waals surface area (Å²) >= 11 is 0. The average Bonchev–Trinajstić information content (AvgIpc) is 2.48. The molecule has 2 heteroatoms. The van der Waals surface area contributed by atoms with Crippen molar-refractivity contribution >= 4 is 0 Å². The van der Waals surface area contributed by atoms with Crippen molar-refractivity contribution in [2.75, 3.05) is 19.6 Å². The Kier molecular flexibility index (Phi) is 3.64. The summed E-state index contributed by atoms with van der Waals surface area (Å²) in [5.74, 6) is 0.734. The predicted molar refractivity (Wildman–Crippen MR) is 84.8 cm³/mol. The van der Waals surface area contributed by atoms with Crippen molar-refractivity contribution in [2.24, 2.45) is 11.7 Å². The molecule has 2 N–H and O–H groups in total. The number of fused-ring (bicyclic) bond motifs is 1. The molecule has 0 saturated carbocycles. The highest BCUT2D eigenvalue weighted by atomic mass is 15.2. The first-order valence-corrected chi connectivity index (χ1v) is 8.06. The van der Waals surface area contributed by atoms with E-state index < -0.39 is 0 Å². The molecule has 2 aliphatic heterocycles. The van der Waals surface area contributed by atoms with Gasteiger partial charge in [-0.05, 0) is 57.2 Å². The van der Waals surface area contributed by atoms with Crippen LogP contribution in [0.15, 0.2) is 30.3 Å². The van der Waals surface area contributed by atoms with E-state index in [2.05, 4.69) is 49.1 Å². The van der Waals surface area contributed by atoms with Gasteiger partial charge < -0.3 is 5.73 Å². The van der Waals surface area contributed by atoms with E-state index in [0.717, 1.165) is 12.5 Å². The van der Waals surface area contributed by atoms with E-state index >= 15 is 0 Å². The summed E-state index contributed by atoms with van der Waals surface area (Å²) in [7, 11) is 0. The van der Waals surface area contributed by atoms with Gasteiger partial charge in [-0.3, -0.25) is 4.90 Å². The zero-order valence-electron chi connectivity index (χ0n) is 12.9. The van der Waals surface area contributed by atoms with Crippen LogP contribution in [0.3, 0.4) is 0 Å². The summed E-state index contributed by atoms with van der Waals surface area (Å²) in [5.41, 5.74) is 8.11. The van der Waals surface area contributed by atoms with Crippen molar-refractivity contribution in [3.63, 3.8) is 0 Å². The number of hydrogen-bond donors (Lipinski definition) is 1. The second-order valence-electron chi connectivity index (χ2n) is 7.44. The Morgan fingerprint density at radius 2 is 1.95 bits per heavy atom. The minimum absolute atomic E-state index is 0.316. The maximum atomic E-state index is 5.91. The first-order valence-electron chi connectivity index (χ1n) is 8.06. The Hall–Kier alpha value is -0.860. The maximum absolute atomic E-state index is 5.91. The highest BCUT2D eigenvalue weighted by Gasteiger charge is 2.46. The van der Waals surface area contributed by atoms with Gasteiger partial charge in [0.05, 0.1) is 0 Å². The second kappa shape index (κ2) is 5.16. The van der Waals surface area contributed by atoms with Crippen molar-refractivity contribution in [1.29, 1.82) is 0 Å². The van der Waals surface area contributed by atoms with E-state index in [1.807, 2.05) is 0 Å². The minimum Gasteiger partial charge on any atom is -0.330 e. The van der Waals surface area contributed by atoms with Gasteiger partial charge >= 0.3 is 0 Å². The van der Waals surface area contributed by atoms with Gasteiger partial charge in [0.15, 0.2) is 0 Å². The molecule has 2 fully saturated rings. The molecule has 2 nitrogen and oxygen atoms in total. The summed E-state index contributed by atoms with van der Waals surface area (Å²) < 4.78 is 0. The first kappa shape index (κ1) is 14.1. The van der Waals surface area contributed by atoms with Crippen LogP contribution < -0.4 is 5.73 Å². The molecule has 2 saturated heterocycles. The van der Waals surface area contributed by atoms with Crippen molar-refractivity contribution < 1.29 is 0 Å². The lowest BCUT2D eigenvalue weighted by molar-refractivity contribution is -0.0246. The highest BCUT2D eigenvalue weighted by Crippen LogP contribution is 2.45. The lowest BCUT2D eigenvalue weighted by atomic mass is 9.67. The van der Waals surface area contributed by atoms with Gasteiger partial charge in [0.25, 0.3) is 0 Å². The molecule has 0 amide bonds.